The minimum Gasteiger partial charge on any atom is -0.423 e. The lowest BCUT2D eigenvalue weighted by Crippen LogP contribution is -2.62. The number of carbonyl (C=O) groups excluding carboxylic acids is 1. The van der Waals surface area contributed by atoms with E-state index in [9.17, 15) is 4.79 Å². The van der Waals surface area contributed by atoms with Crippen molar-refractivity contribution in [2.24, 2.45) is 5.73 Å². The molecular formula is C23H28ClN5O2. The van der Waals surface area contributed by atoms with E-state index >= 15 is 0 Å². The van der Waals surface area contributed by atoms with Crippen LogP contribution in [-0.4, -0.2) is 66.0 Å². The minimum absolute atomic E-state index is 0. The third-order valence-electron chi connectivity index (χ3n) is 6.56. The molecule has 2 aliphatic rings. The summed E-state index contributed by atoms with van der Waals surface area (Å²) in [6, 6.07) is 17.3. The molecule has 1 aromatic heterocycles. The lowest BCUT2D eigenvalue weighted by atomic mass is 9.87. The number of piperidine rings is 1. The van der Waals surface area contributed by atoms with Gasteiger partial charge in [-0.3, -0.25) is 14.6 Å². The Labute approximate surface area is 188 Å². The first-order valence-corrected chi connectivity index (χ1v) is 10.5. The smallest absolute Gasteiger partial charge is 0.303 e. The predicted molar refractivity (Wildman–Crippen MR) is 124 cm³/mol. The normalized spacial score (nSPS) is 24.0. The summed E-state index contributed by atoms with van der Waals surface area (Å²) in [6.07, 6.45) is 2.04. The Balaban J connectivity index is 0.00000231. The number of aromatic nitrogens is 1. The van der Waals surface area contributed by atoms with E-state index in [1.165, 1.54) is 0 Å². The molecule has 0 aliphatic carbocycles. The van der Waals surface area contributed by atoms with Crippen molar-refractivity contribution in [2.45, 2.75) is 31.0 Å². The number of piperazine rings is 1. The van der Waals surface area contributed by atoms with Gasteiger partial charge in [-0.05, 0) is 51.2 Å². The van der Waals surface area contributed by atoms with E-state index < -0.39 is 5.91 Å². The summed E-state index contributed by atoms with van der Waals surface area (Å²) < 4.78 is 6.18. The highest BCUT2D eigenvalue weighted by Gasteiger charge is 2.41. The first-order valence-electron chi connectivity index (χ1n) is 10.5. The Hall–Kier alpha value is -2.61. The van der Waals surface area contributed by atoms with Crippen LogP contribution < -0.4 is 10.6 Å². The number of nitrogens with two attached hydrogens (primary N) is 1. The molecule has 2 bridgehead atoms. The van der Waals surface area contributed by atoms with Gasteiger partial charge in [0, 0.05) is 36.9 Å². The summed E-state index contributed by atoms with van der Waals surface area (Å²) in [5.41, 5.74) is 8.10. The molecule has 0 radical (unpaired) electrons. The quantitative estimate of drug-likeness (QED) is 0.669. The lowest BCUT2D eigenvalue weighted by Gasteiger charge is -2.51. The minimum atomic E-state index is -0.497. The van der Waals surface area contributed by atoms with Crippen molar-refractivity contribution in [1.29, 1.82) is 0 Å². The summed E-state index contributed by atoms with van der Waals surface area (Å²) >= 11 is 0. The molecule has 8 heteroatoms. The summed E-state index contributed by atoms with van der Waals surface area (Å²) in [4.78, 5) is 23.8. The second kappa shape index (κ2) is 8.49. The van der Waals surface area contributed by atoms with Crippen LogP contribution in [0.1, 0.15) is 23.2 Å². The number of fused-ring (bicyclic) bond motifs is 3. The van der Waals surface area contributed by atoms with Gasteiger partial charge in [0.2, 0.25) is 0 Å². The highest BCUT2D eigenvalue weighted by atomic mass is 35.5. The highest BCUT2D eigenvalue weighted by molar-refractivity contribution is 6.03. The zero-order chi connectivity index (χ0) is 20.8. The molecule has 164 valence electrons. The van der Waals surface area contributed by atoms with Crippen LogP contribution in [0.25, 0.3) is 11.1 Å². The molecule has 2 unspecified atom stereocenters. The first-order chi connectivity index (χ1) is 14.5. The number of primary amides is 1. The molecule has 2 atom stereocenters. The Bertz CT molecular complexity index is 1060. The molecule has 2 aromatic carbocycles. The summed E-state index contributed by atoms with van der Waals surface area (Å²) in [5, 5.41) is 0. The van der Waals surface area contributed by atoms with Crippen LogP contribution in [0.2, 0.25) is 0 Å². The fourth-order valence-electron chi connectivity index (χ4n) is 5.07. The standard InChI is InChI=1S/C23H27N5O2.ClH/c1-26-13-17-11-16(12-18(14-26)27(17)2)28(15-7-4-3-5-8-15)23-25-21-19(22(24)29)9-6-10-20(21)30-23;/h3-10,16-18H,11-14H2,1-2H3,(H2,24,29);1H. The largest absolute Gasteiger partial charge is 0.423 e. The number of para-hydroxylation sites is 2. The van der Waals surface area contributed by atoms with Crippen LogP contribution in [-0.2, 0) is 0 Å². The van der Waals surface area contributed by atoms with Crippen LogP contribution in [0, 0.1) is 0 Å². The van der Waals surface area contributed by atoms with Gasteiger partial charge in [-0.1, -0.05) is 24.3 Å². The Morgan fingerprint density at radius 1 is 1.06 bits per heavy atom. The van der Waals surface area contributed by atoms with Crippen LogP contribution in [0.5, 0.6) is 0 Å². The topological polar surface area (TPSA) is 78.8 Å². The molecule has 2 N–H and O–H groups in total. The number of halogens is 1. The number of likely N-dealkylation sites (N-methyl/N-ethyl adjacent to an activating group) is 2. The van der Waals surface area contributed by atoms with Crippen LogP contribution in [0.15, 0.2) is 52.9 Å². The van der Waals surface area contributed by atoms with E-state index in [0.717, 1.165) is 31.6 Å². The molecule has 1 amide bonds. The number of oxazole rings is 1. The van der Waals surface area contributed by atoms with Gasteiger partial charge < -0.3 is 15.1 Å². The second-order valence-corrected chi connectivity index (χ2v) is 8.54. The maximum absolute atomic E-state index is 11.9. The van der Waals surface area contributed by atoms with Crippen LogP contribution in [0.4, 0.5) is 11.7 Å². The van der Waals surface area contributed by atoms with E-state index in [2.05, 4.69) is 40.9 Å². The van der Waals surface area contributed by atoms with Crippen molar-refractivity contribution >= 4 is 41.1 Å². The number of anilines is 2. The van der Waals surface area contributed by atoms with Gasteiger partial charge in [-0.25, -0.2) is 0 Å². The molecule has 31 heavy (non-hydrogen) atoms. The number of benzene rings is 2. The van der Waals surface area contributed by atoms with Gasteiger partial charge in [0.25, 0.3) is 5.91 Å². The molecule has 2 saturated heterocycles. The average Bonchev–Trinajstić information content (AvgIpc) is 3.14. The number of hydrogen-bond donors (Lipinski definition) is 1. The van der Waals surface area contributed by atoms with E-state index in [4.69, 9.17) is 15.1 Å². The molecule has 0 saturated carbocycles. The van der Waals surface area contributed by atoms with Gasteiger partial charge in [-0.15, -0.1) is 12.4 Å². The van der Waals surface area contributed by atoms with E-state index in [0.29, 0.717) is 34.8 Å². The van der Waals surface area contributed by atoms with Crippen molar-refractivity contribution < 1.29 is 9.21 Å². The zero-order valence-corrected chi connectivity index (χ0v) is 18.6. The summed E-state index contributed by atoms with van der Waals surface area (Å²) in [6.45, 7) is 2.12. The monoisotopic (exact) mass is 441 g/mol. The van der Waals surface area contributed by atoms with E-state index in [1.54, 1.807) is 12.1 Å². The Morgan fingerprint density at radius 3 is 2.39 bits per heavy atom. The molecule has 2 fully saturated rings. The number of carbonyl (C=O) groups is 1. The number of likely N-dealkylation sites (tertiary alicyclic amines) is 1. The molecule has 3 heterocycles. The SMILES string of the molecule is CN1CC2CC(N(c3ccccc3)c3nc4c(C(N)=O)cccc4o3)CC(C1)N2C.Cl. The Morgan fingerprint density at radius 2 is 1.74 bits per heavy atom. The van der Waals surface area contributed by atoms with Crippen molar-refractivity contribution in [2.75, 3.05) is 32.1 Å². The first kappa shape index (κ1) is 21.6. The summed E-state index contributed by atoms with van der Waals surface area (Å²) in [5.74, 6) is -0.497. The van der Waals surface area contributed by atoms with Gasteiger partial charge in [0.15, 0.2) is 5.58 Å². The fourth-order valence-corrected chi connectivity index (χ4v) is 5.07. The van der Waals surface area contributed by atoms with Crippen molar-refractivity contribution in [3.63, 3.8) is 0 Å². The van der Waals surface area contributed by atoms with Gasteiger partial charge in [0.1, 0.15) is 5.52 Å². The maximum Gasteiger partial charge on any atom is 0.303 e. The van der Waals surface area contributed by atoms with Gasteiger partial charge in [-0.2, -0.15) is 4.98 Å². The molecule has 5 rings (SSSR count). The average molecular weight is 442 g/mol. The van der Waals surface area contributed by atoms with E-state index in [1.807, 2.05) is 24.3 Å². The molecule has 0 spiro atoms. The number of amides is 1. The van der Waals surface area contributed by atoms with Crippen LogP contribution >= 0.6 is 12.4 Å². The van der Waals surface area contributed by atoms with Crippen molar-refractivity contribution in [3.05, 3.63) is 54.1 Å². The zero-order valence-electron chi connectivity index (χ0n) is 17.8. The van der Waals surface area contributed by atoms with Crippen LogP contribution in [0.3, 0.4) is 0 Å². The van der Waals surface area contributed by atoms with Gasteiger partial charge >= 0.3 is 6.01 Å². The van der Waals surface area contributed by atoms with Gasteiger partial charge in [0.05, 0.1) is 5.56 Å². The molecule has 7 nitrogen and oxygen atoms in total. The fraction of sp³-hybridized carbons (Fsp3) is 0.391. The van der Waals surface area contributed by atoms with Crippen molar-refractivity contribution in [1.82, 2.24) is 14.8 Å². The summed E-state index contributed by atoms with van der Waals surface area (Å²) in [7, 11) is 4.44. The molecule has 3 aromatic rings. The third-order valence-corrected chi connectivity index (χ3v) is 6.56. The lowest BCUT2D eigenvalue weighted by molar-refractivity contribution is 0.0137. The molecule has 2 aliphatic heterocycles. The third kappa shape index (κ3) is 3.89. The molecular weight excluding hydrogens is 414 g/mol. The van der Waals surface area contributed by atoms with Crippen molar-refractivity contribution in [3.8, 4) is 0 Å². The predicted octanol–water partition coefficient (Wildman–Crippen LogP) is 3.26. The number of rotatable bonds is 4. The highest BCUT2D eigenvalue weighted by Crippen LogP contribution is 2.38. The second-order valence-electron chi connectivity index (χ2n) is 8.54. The number of nitrogens with zero attached hydrogens (tertiary/aromatic N) is 4. The maximum atomic E-state index is 11.9. The Kier molecular flexibility index (Phi) is 5.92. The number of hydrogen-bond acceptors (Lipinski definition) is 6. The van der Waals surface area contributed by atoms with E-state index in [-0.39, 0.29) is 18.4 Å².